The zero-order chi connectivity index (χ0) is 26.7. The van der Waals surface area contributed by atoms with Crippen LogP contribution in [0.4, 0.5) is 17.6 Å². The van der Waals surface area contributed by atoms with Crippen molar-refractivity contribution in [3.8, 4) is 6.01 Å². The predicted molar refractivity (Wildman–Crippen MR) is 145 cm³/mol. The second kappa shape index (κ2) is 17.7. The van der Waals surface area contributed by atoms with Crippen LogP contribution in [0.3, 0.4) is 0 Å². The molecule has 0 atom stereocenters. The summed E-state index contributed by atoms with van der Waals surface area (Å²) in [5, 5.41) is 10.8. The lowest BCUT2D eigenvalue weighted by Crippen LogP contribution is -2.40. The van der Waals surface area contributed by atoms with Crippen LogP contribution < -0.4 is 10.1 Å². The Kier molecular flexibility index (Phi) is 16.9. The van der Waals surface area contributed by atoms with Crippen LogP contribution >= 0.6 is 23.2 Å². The summed E-state index contributed by atoms with van der Waals surface area (Å²) in [7, 11) is 0. The van der Waals surface area contributed by atoms with E-state index in [0.29, 0.717) is 24.2 Å². The van der Waals surface area contributed by atoms with Gasteiger partial charge in [-0.1, -0.05) is 14.9 Å². The first-order chi connectivity index (χ1) is 17.1. The van der Waals surface area contributed by atoms with Crippen LogP contribution in [0.5, 0.6) is 6.01 Å². The summed E-state index contributed by atoms with van der Waals surface area (Å²) in [5.74, 6) is -2.17. The normalized spacial score (nSPS) is 16.7. The molecule has 0 spiro atoms. The highest BCUT2D eigenvalue weighted by Gasteiger charge is 2.38. The molecular formula is C25H40Cl2F4N4O3. The van der Waals surface area contributed by atoms with Crippen molar-refractivity contribution in [1.82, 2.24) is 19.8 Å². The Hall–Kier alpha value is -1.82. The number of rotatable bonds is 5. The van der Waals surface area contributed by atoms with Crippen molar-refractivity contribution in [3.63, 3.8) is 0 Å². The summed E-state index contributed by atoms with van der Waals surface area (Å²) < 4.78 is 53.3. The first-order valence-corrected chi connectivity index (χ1v) is 12.8. The number of aromatic nitrogens is 2. The fraction of sp³-hybridized carbons (Fsp3) is 0.680. The molecule has 2 N–H and O–H groups in total. The number of likely N-dealkylation sites (tertiary alicyclic amines) is 1. The third-order valence-corrected chi connectivity index (χ3v) is 6.03. The number of piperidine rings is 2. The minimum Gasteiger partial charge on any atom is -0.475 e. The highest BCUT2D eigenvalue weighted by atomic mass is 35.5. The van der Waals surface area contributed by atoms with E-state index in [1.807, 2.05) is 13.0 Å². The molecule has 13 heteroatoms. The van der Waals surface area contributed by atoms with Crippen molar-refractivity contribution in [3.05, 3.63) is 24.0 Å². The Morgan fingerprint density at radius 3 is 2.21 bits per heavy atom. The number of nitrogens with one attached hydrogen (secondary N) is 1. The summed E-state index contributed by atoms with van der Waals surface area (Å²) >= 11 is 9.53. The number of benzene rings is 1. The quantitative estimate of drug-likeness (QED) is 0.304. The van der Waals surface area contributed by atoms with Gasteiger partial charge in [0, 0.05) is 31.7 Å². The zero-order valence-corrected chi connectivity index (χ0v) is 21.5. The Balaban J connectivity index is 0.000000987. The molecule has 2 aliphatic heterocycles. The van der Waals surface area contributed by atoms with Gasteiger partial charge in [0.15, 0.2) is 0 Å². The van der Waals surface area contributed by atoms with E-state index in [1.165, 1.54) is 31.5 Å². The Labute approximate surface area is 232 Å². The number of hydrogen-bond donors (Lipinski definition) is 2. The van der Waals surface area contributed by atoms with Gasteiger partial charge in [0.25, 0.3) is 6.01 Å². The lowest BCUT2D eigenvalue weighted by Gasteiger charge is -2.36. The molecule has 0 radical (unpaired) electrons. The van der Waals surface area contributed by atoms with Crippen LogP contribution in [0.2, 0.25) is 0 Å². The van der Waals surface area contributed by atoms with E-state index in [4.69, 9.17) is 37.8 Å². The van der Waals surface area contributed by atoms with Gasteiger partial charge in [-0.25, -0.2) is 9.18 Å². The molecule has 3 heterocycles. The summed E-state index contributed by atoms with van der Waals surface area (Å²) in [6.07, 6.45) is -0.306. The molecule has 1 aromatic heterocycles. The molecule has 0 saturated carbocycles. The van der Waals surface area contributed by atoms with Crippen LogP contribution in [0.25, 0.3) is 11.0 Å². The van der Waals surface area contributed by atoms with Gasteiger partial charge in [0.1, 0.15) is 5.82 Å². The molecule has 38 heavy (non-hydrogen) atoms. The molecule has 0 bridgehead atoms. The number of aliphatic carboxylic acids is 1. The van der Waals surface area contributed by atoms with Crippen LogP contribution in [0.15, 0.2) is 18.2 Å². The number of carbonyl (C=O) groups is 1. The smallest absolute Gasteiger partial charge is 0.475 e. The minimum absolute atomic E-state index is 0. The maximum absolute atomic E-state index is 13.6. The van der Waals surface area contributed by atoms with E-state index in [2.05, 4.69) is 19.8 Å². The SMILES string of the molecule is C.C.CCOc1nc2cc(F)ccc2n1C1CCN(CC2CCNCC2)CC1.ClCCl.O=C(O)C(F)(F)F. The number of nitrogens with zero attached hydrogens (tertiary/aromatic N) is 3. The van der Waals surface area contributed by atoms with Gasteiger partial charge in [0.05, 0.1) is 23.0 Å². The van der Waals surface area contributed by atoms with Gasteiger partial charge in [-0.15, -0.1) is 23.2 Å². The highest BCUT2D eigenvalue weighted by molar-refractivity contribution is 6.40. The fourth-order valence-electron chi connectivity index (χ4n) is 4.42. The van der Waals surface area contributed by atoms with E-state index in [9.17, 15) is 17.6 Å². The summed E-state index contributed by atoms with van der Waals surface area (Å²) in [6.45, 7) is 8.31. The number of carboxylic acid groups (broad SMARTS) is 1. The number of imidazole rings is 1. The Bertz CT molecular complexity index is 949. The first kappa shape index (κ1) is 36.2. The average molecular weight is 592 g/mol. The van der Waals surface area contributed by atoms with Gasteiger partial charge >= 0.3 is 12.1 Å². The Morgan fingerprint density at radius 1 is 1.16 bits per heavy atom. The molecule has 2 aliphatic rings. The molecule has 0 unspecified atom stereocenters. The third kappa shape index (κ3) is 11.1. The van der Waals surface area contributed by atoms with Crippen LogP contribution in [-0.2, 0) is 4.79 Å². The zero-order valence-electron chi connectivity index (χ0n) is 20.0. The molecular weight excluding hydrogens is 551 g/mol. The second-order valence-corrected chi connectivity index (χ2v) is 9.27. The lowest BCUT2D eigenvalue weighted by molar-refractivity contribution is -0.192. The Morgan fingerprint density at radius 2 is 1.71 bits per heavy atom. The fourth-order valence-corrected chi connectivity index (χ4v) is 4.42. The number of fused-ring (bicyclic) bond motifs is 1. The minimum atomic E-state index is -5.08. The highest BCUT2D eigenvalue weighted by Crippen LogP contribution is 2.33. The summed E-state index contributed by atoms with van der Waals surface area (Å²) in [5.41, 5.74) is 1.66. The van der Waals surface area contributed by atoms with Crippen LogP contribution in [-0.4, -0.2) is 76.4 Å². The number of carboxylic acids is 1. The molecule has 7 nitrogen and oxygen atoms in total. The molecule has 0 amide bonds. The third-order valence-electron chi connectivity index (χ3n) is 6.03. The van der Waals surface area contributed by atoms with E-state index in [-0.39, 0.29) is 26.0 Å². The van der Waals surface area contributed by atoms with Gasteiger partial charge < -0.3 is 20.1 Å². The number of hydrogen-bond acceptors (Lipinski definition) is 5. The van der Waals surface area contributed by atoms with E-state index >= 15 is 0 Å². The largest absolute Gasteiger partial charge is 0.490 e. The molecule has 4 rings (SSSR count). The first-order valence-electron chi connectivity index (χ1n) is 11.8. The second-order valence-electron chi connectivity index (χ2n) is 8.46. The molecule has 1 aromatic carbocycles. The van der Waals surface area contributed by atoms with E-state index in [1.54, 1.807) is 0 Å². The number of alkyl halides is 5. The maximum atomic E-state index is 13.6. The van der Waals surface area contributed by atoms with E-state index in [0.717, 1.165) is 50.5 Å². The monoisotopic (exact) mass is 590 g/mol. The standard InChI is InChI=1S/C20H29FN4O.C2HF3O2.CH2Cl2.2CH4/c1-2-26-20-23-18-13-16(21)3-4-19(18)25(20)17-7-11-24(12-8-17)14-15-5-9-22-10-6-15;3-2(4,5)1(6)7;2-1-3;;/h3-4,13,15,17,22H,2,5-12,14H2,1H3;(H,6,7);1H2;2*1H4. The van der Waals surface area contributed by atoms with Crippen molar-refractivity contribution < 1.29 is 32.2 Å². The summed E-state index contributed by atoms with van der Waals surface area (Å²) in [6, 6.07) is 5.85. The lowest BCUT2D eigenvalue weighted by atomic mass is 9.95. The van der Waals surface area contributed by atoms with Crippen LogP contribution in [0, 0.1) is 11.7 Å². The van der Waals surface area contributed by atoms with Gasteiger partial charge in [-0.2, -0.15) is 18.2 Å². The number of ether oxygens (including phenoxy) is 1. The molecule has 2 saturated heterocycles. The van der Waals surface area contributed by atoms with E-state index < -0.39 is 12.1 Å². The summed E-state index contributed by atoms with van der Waals surface area (Å²) in [4.78, 5) is 16.0. The van der Waals surface area contributed by atoms with Crippen molar-refractivity contribution in [1.29, 1.82) is 0 Å². The van der Waals surface area contributed by atoms with Crippen molar-refractivity contribution >= 4 is 40.2 Å². The average Bonchev–Trinajstić information content (AvgIpc) is 3.18. The van der Waals surface area contributed by atoms with Crippen molar-refractivity contribution in [2.45, 2.75) is 59.7 Å². The maximum Gasteiger partial charge on any atom is 0.490 e. The molecule has 2 fully saturated rings. The predicted octanol–water partition coefficient (Wildman–Crippen LogP) is 6.54. The van der Waals surface area contributed by atoms with Gasteiger partial charge in [-0.3, -0.25) is 4.57 Å². The van der Waals surface area contributed by atoms with Crippen molar-refractivity contribution in [2.24, 2.45) is 5.92 Å². The van der Waals surface area contributed by atoms with Gasteiger partial charge in [-0.05, 0) is 63.7 Å². The molecule has 0 aliphatic carbocycles. The molecule has 220 valence electrons. The molecule has 2 aromatic rings. The van der Waals surface area contributed by atoms with Gasteiger partial charge in [0.2, 0.25) is 0 Å². The van der Waals surface area contributed by atoms with Crippen LogP contribution in [0.1, 0.15) is 53.5 Å². The topological polar surface area (TPSA) is 79.6 Å². The van der Waals surface area contributed by atoms with Crippen molar-refractivity contribution in [2.75, 3.05) is 44.7 Å². The number of halogens is 6.